The van der Waals surface area contributed by atoms with Gasteiger partial charge in [-0.05, 0) is 110 Å². The van der Waals surface area contributed by atoms with Crippen LogP contribution < -0.4 is 0 Å². The monoisotopic (exact) mass is 709 g/mol. The predicted octanol–water partition coefficient (Wildman–Crippen LogP) is 14.0. The molecule has 0 amide bonds. The first kappa shape index (κ1) is 29.9. The van der Waals surface area contributed by atoms with Gasteiger partial charge in [-0.15, -0.1) is 0 Å². The molecule has 0 radical (unpaired) electrons. The molecular formula is C53H31N3. The van der Waals surface area contributed by atoms with Gasteiger partial charge < -0.3 is 4.57 Å². The molecule has 3 aromatic heterocycles. The fourth-order valence-electron chi connectivity index (χ4n) is 9.73. The average molecular weight is 710 g/mol. The normalized spacial score (nSPS) is 12.3. The van der Waals surface area contributed by atoms with Crippen molar-refractivity contribution in [1.29, 1.82) is 0 Å². The van der Waals surface area contributed by atoms with Crippen LogP contribution >= 0.6 is 0 Å². The highest BCUT2D eigenvalue weighted by molar-refractivity contribution is 6.22. The summed E-state index contributed by atoms with van der Waals surface area (Å²) in [5, 5.41) is 12.4. The van der Waals surface area contributed by atoms with Gasteiger partial charge in [0.2, 0.25) is 0 Å². The summed E-state index contributed by atoms with van der Waals surface area (Å²) >= 11 is 0. The molecule has 0 unspecified atom stereocenters. The van der Waals surface area contributed by atoms with E-state index in [0.29, 0.717) is 0 Å². The minimum Gasteiger partial charge on any atom is -0.309 e. The molecule has 258 valence electrons. The molecule has 0 N–H and O–H groups in total. The molecule has 56 heavy (non-hydrogen) atoms. The Morgan fingerprint density at radius 2 is 1.02 bits per heavy atom. The molecule has 0 saturated heterocycles. The van der Waals surface area contributed by atoms with E-state index >= 15 is 0 Å². The third-order valence-electron chi connectivity index (χ3n) is 12.2. The molecule has 12 aromatic rings. The Hall–Kier alpha value is -7.49. The predicted molar refractivity (Wildman–Crippen MR) is 235 cm³/mol. The number of hydrogen-bond acceptors (Lipinski definition) is 1. The smallest absolute Gasteiger partial charge is 0.138 e. The number of benzene rings is 9. The fraction of sp³-hybridized carbons (Fsp3) is 0. The van der Waals surface area contributed by atoms with E-state index in [-0.39, 0.29) is 0 Å². The molecule has 0 saturated carbocycles. The van der Waals surface area contributed by atoms with E-state index in [1.165, 1.54) is 98.4 Å². The largest absolute Gasteiger partial charge is 0.309 e. The summed E-state index contributed by atoms with van der Waals surface area (Å²) in [6, 6.07) is 68.9. The minimum atomic E-state index is 0.945. The zero-order valence-corrected chi connectivity index (χ0v) is 30.2. The second-order valence-corrected chi connectivity index (χ2v) is 15.1. The zero-order chi connectivity index (χ0) is 36.5. The van der Waals surface area contributed by atoms with Crippen molar-refractivity contribution in [3.05, 3.63) is 188 Å². The summed E-state index contributed by atoms with van der Waals surface area (Å²) < 4.78 is 4.75. The van der Waals surface area contributed by atoms with Crippen LogP contribution in [0.2, 0.25) is 0 Å². The van der Waals surface area contributed by atoms with E-state index in [1.54, 1.807) is 0 Å². The highest BCUT2D eigenvalue weighted by atomic mass is 15.1. The van der Waals surface area contributed by atoms with E-state index < -0.39 is 0 Å². The van der Waals surface area contributed by atoms with E-state index in [1.807, 2.05) is 0 Å². The van der Waals surface area contributed by atoms with Gasteiger partial charge in [0.15, 0.2) is 0 Å². The van der Waals surface area contributed by atoms with Gasteiger partial charge in [0.05, 0.1) is 27.8 Å². The number of hydrogen-bond donors (Lipinski definition) is 0. The maximum Gasteiger partial charge on any atom is 0.138 e. The summed E-state index contributed by atoms with van der Waals surface area (Å²) in [4.78, 5) is 5.43. The third-order valence-corrected chi connectivity index (χ3v) is 12.2. The quantitative estimate of drug-likeness (QED) is 0.179. The molecule has 1 aliphatic carbocycles. The first-order chi connectivity index (χ1) is 27.8. The first-order valence-electron chi connectivity index (χ1n) is 19.3. The molecule has 1 aliphatic rings. The van der Waals surface area contributed by atoms with Crippen LogP contribution in [-0.2, 0) is 0 Å². The number of aromatic nitrogens is 3. The van der Waals surface area contributed by atoms with Crippen molar-refractivity contribution in [1.82, 2.24) is 14.1 Å². The van der Waals surface area contributed by atoms with Crippen molar-refractivity contribution in [2.24, 2.45) is 0 Å². The summed E-state index contributed by atoms with van der Waals surface area (Å²) in [6.45, 7) is 0. The van der Waals surface area contributed by atoms with Gasteiger partial charge in [-0.25, -0.2) is 4.98 Å². The second-order valence-electron chi connectivity index (χ2n) is 15.1. The van der Waals surface area contributed by atoms with Gasteiger partial charge in [-0.3, -0.25) is 4.57 Å². The lowest BCUT2D eigenvalue weighted by Crippen LogP contribution is -1.99. The Morgan fingerprint density at radius 3 is 1.89 bits per heavy atom. The van der Waals surface area contributed by atoms with Crippen LogP contribution in [0.5, 0.6) is 0 Å². The maximum absolute atomic E-state index is 5.43. The van der Waals surface area contributed by atoms with Crippen molar-refractivity contribution in [2.45, 2.75) is 0 Å². The van der Waals surface area contributed by atoms with Gasteiger partial charge in [-0.2, -0.15) is 0 Å². The van der Waals surface area contributed by atoms with Crippen LogP contribution in [0.4, 0.5) is 0 Å². The topological polar surface area (TPSA) is 22.8 Å². The van der Waals surface area contributed by atoms with Crippen molar-refractivity contribution in [3.8, 4) is 45.0 Å². The van der Waals surface area contributed by atoms with Gasteiger partial charge in [0, 0.05) is 38.2 Å². The van der Waals surface area contributed by atoms with Gasteiger partial charge in [-0.1, -0.05) is 127 Å². The standard InChI is InChI=1S/C53H31N3/c1-2-12-38(13-3-1)55-47-20-9-7-17-44(47)52-39-25-23-33(27-35(39)24-26-48(52)55)32-21-22-34-30-49-45(29-37(34)28-32)41-15-6-8-19-46(41)56(49)50-31-36-11-10-18-42-40-14-4-5-16-43(40)53(54-50)51(36)42/h1-31H. The molecule has 3 heteroatoms. The lowest BCUT2D eigenvalue weighted by molar-refractivity contribution is 1.10. The average Bonchev–Trinajstić information content (AvgIpc) is 3.89. The van der Waals surface area contributed by atoms with Crippen molar-refractivity contribution in [3.63, 3.8) is 0 Å². The van der Waals surface area contributed by atoms with E-state index in [0.717, 1.165) is 22.5 Å². The van der Waals surface area contributed by atoms with E-state index in [4.69, 9.17) is 4.98 Å². The lowest BCUT2D eigenvalue weighted by Gasteiger charge is -2.11. The number of nitrogens with zero attached hydrogens (tertiary/aromatic N) is 3. The molecular weight excluding hydrogens is 679 g/mol. The van der Waals surface area contributed by atoms with Crippen LogP contribution in [0.3, 0.4) is 0 Å². The molecule has 13 rings (SSSR count). The highest BCUT2D eigenvalue weighted by Crippen LogP contribution is 2.47. The van der Waals surface area contributed by atoms with Gasteiger partial charge in [0.1, 0.15) is 5.82 Å². The highest BCUT2D eigenvalue weighted by Gasteiger charge is 2.24. The second kappa shape index (κ2) is 11.0. The van der Waals surface area contributed by atoms with Crippen molar-refractivity contribution < 1.29 is 0 Å². The maximum atomic E-state index is 5.43. The van der Waals surface area contributed by atoms with Crippen LogP contribution in [-0.4, -0.2) is 14.1 Å². The molecule has 0 aliphatic heterocycles. The molecule has 3 nitrogen and oxygen atoms in total. The summed E-state index contributed by atoms with van der Waals surface area (Å²) in [5.74, 6) is 0.945. The Labute approximate surface area is 321 Å². The Bertz CT molecular complexity index is 3640. The summed E-state index contributed by atoms with van der Waals surface area (Å²) in [7, 11) is 0. The lowest BCUT2D eigenvalue weighted by atomic mass is 9.96. The van der Waals surface area contributed by atoms with Crippen LogP contribution in [0.25, 0.3) is 121 Å². The zero-order valence-electron chi connectivity index (χ0n) is 30.2. The first-order valence-corrected chi connectivity index (χ1v) is 19.3. The SMILES string of the molecule is c1ccc(-n2c3ccccc3c3c4ccc(-c5ccc6cc7c(cc6c5)c5ccccc5n7-c5cc6cccc7c6c(n5)-c5ccccc5-7)cc4ccc32)cc1. The molecule has 0 spiro atoms. The molecule has 0 atom stereocenters. The van der Waals surface area contributed by atoms with Crippen LogP contribution in [0.15, 0.2) is 188 Å². The summed E-state index contributed by atoms with van der Waals surface area (Å²) in [6.07, 6.45) is 0. The Balaban J connectivity index is 0.973. The Morgan fingerprint density at radius 1 is 0.321 bits per heavy atom. The van der Waals surface area contributed by atoms with Crippen LogP contribution in [0, 0.1) is 0 Å². The number of para-hydroxylation sites is 3. The van der Waals surface area contributed by atoms with Gasteiger partial charge in [0.25, 0.3) is 0 Å². The van der Waals surface area contributed by atoms with Crippen molar-refractivity contribution in [2.75, 3.05) is 0 Å². The van der Waals surface area contributed by atoms with Crippen LogP contribution in [0.1, 0.15) is 0 Å². The molecule has 9 aromatic carbocycles. The van der Waals surface area contributed by atoms with E-state index in [2.05, 4.69) is 197 Å². The molecule has 0 bridgehead atoms. The summed E-state index contributed by atoms with van der Waals surface area (Å²) in [5.41, 5.74) is 13.2. The fourth-order valence-corrected chi connectivity index (χ4v) is 9.73. The molecule has 3 heterocycles. The van der Waals surface area contributed by atoms with E-state index in [9.17, 15) is 0 Å². The van der Waals surface area contributed by atoms with Crippen molar-refractivity contribution >= 4 is 75.9 Å². The number of rotatable bonds is 3. The third kappa shape index (κ3) is 4.04. The number of fused-ring (bicyclic) bond motifs is 12. The van der Waals surface area contributed by atoms with Gasteiger partial charge >= 0.3 is 0 Å². The molecule has 0 fully saturated rings. The number of pyridine rings is 1. The minimum absolute atomic E-state index is 0.945. The Kier molecular flexibility index (Phi) is 5.89.